The fraction of sp³-hybridized carbons (Fsp3) is 0.476. The van der Waals surface area contributed by atoms with E-state index in [-0.39, 0.29) is 30.5 Å². The molecular weight excluding hydrogens is 418 g/mol. The van der Waals surface area contributed by atoms with E-state index in [1.807, 2.05) is 6.07 Å². The van der Waals surface area contributed by atoms with Gasteiger partial charge in [-0.15, -0.1) is 0 Å². The number of pyridine rings is 1. The van der Waals surface area contributed by atoms with E-state index in [2.05, 4.69) is 35.8 Å². The molecule has 168 valence electrons. The van der Waals surface area contributed by atoms with Gasteiger partial charge < -0.3 is 15.5 Å². The summed E-state index contributed by atoms with van der Waals surface area (Å²) in [7, 11) is 0. The van der Waals surface area contributed by atoms with Crippen LogP contribution in [0.2, 0.25) is 0 Å². The predicted molar refractivity (Wildman–Crippen MR) is 114 cm³/mol. The van der Waals surface area contributed by atoms with Crippen molar-refractivity contribution in [3.63, 3.8) is 0 Å². The first kappa shape index (κ1) is 20.5. The maximum absolute atomic E-state index is 14.5. The summed E-state index contributed by atoms with van der Waals surface area (Å²) in [4.78, 5) is 26.6. The van der Waals surface area contributed by atoms with Crippen molar-refractivity contribution in [2.24, 2.45) is 0 Å². The zero-order chi connectivity index (χ0) is 22.1. The number of nitrogens with zero attached hydrogens (tertiary/aromatic N) is 5. The van der Waals surface area contributed by atoms with Gasteiger partial charge in [-0.05, 0) is 44.2 Å². The number of hydrogen-bond donors (Lipinski definition) is 3. The number of fused-ring (bicyclic) bond motifs is 1. The Labute approximate surface area is 183 Å². The fourth-order valence-corrected chi connectivity index (χ4v) is 4.42. The number of carbonyl (C=O) groups excluding carboxylic acids is 1. The van der Waals surface area contributed by atoms with Crippen molar-refractivity contribution in [1.82, 2.24) is 35.4 Å². The molecule has 3 aromatic rings. The lowest BCUT2D eigenvalue weighted by atomic mass is 9.91. The standard InChI is InChI=1S/C21H24F2N8O/c22-12-6-8-31(11-12)21(32)27-14-4-1-3-13(9-14)26-19-16(23)10-25-20(28-19)17-15-5-2-7-24-18(15)30-29-17/h2,5,7,10,12-14H,1,3-4,6,8-9,11H2,(H,27,32)(H,24,29,30)(H,25,26,28)/t12?,13-,14+/m0/s1. The van der Waals surface area contributed by atoms with Crippen LogP contribution in [-0.2, 0) is 0 Å². The van der Waals surface area contributed by atoms with Gasteiger partial charge in [-0.3, -0.25) is 5.10 Å². The second-order valence-electron chi connectivity index (χ2n) is 8.35. The number of nitrogens with one attached hydrogen (secondary N) is 3. The van der Waals surface area contributed by atoms with Crippen molar-refractivity contribution in [2.45, 2.75) is 50.4 Å². The van der Waals surface area contributed by atoms with Crippen LogP contribution in [-0.4, -0.2) is 67.4 Å². The molecule has 3 N–H and O–H groups in total. The lowest BCUT2D eigenvalue weighted by Crippen LogP contribution is -2.47. The molecular formula is C21H24F2N8O. The number of urea groups is 1. The van der Waals surface area contributed by atoms with Crippen LogP contribution >= 0.6 is 0 Å². The van der Waals surface area contributed by atoms with Gasteiger partial charge in [-0.25, -0.2) is 28.5 Å². The van der Waals surface area contributed by atoms with E-state index in [4.69, 9.17) is 0 Å². The number of carbonyl (C=O) groups is 1. The van der Waals surface area contributed by atoms with Gasteiger partial charge in [0.1, 0.15) is 11.9 Å². The van der Waals surface area contributed by atoms with E-state index >= 15 is 0 Å². The number of aromatic nitrogens is 5. The van der Waals surface area contributed by atoms with Gasteiger partial charge in [-0.1, -0.05) is 0 Å². The molecule has 1 aliphatic carbocycles. The van der Waals surface area contributed by atoms with E-state index < -0.39 is 12.0 Å². The first-order valence-corrected chi connectivity index (χ1v) is 10.8. The summed E-state index contributed by atoms with van der Waals surface area (Å²) >= 11 is 0. The van der Waals surface area contributed by atoms with Crippen LogP contribution in [0.25, 0.3) is 22.6 Å². The highest BCUT2D eigenvalue weighted by Gasteiger charge is 2.29. The smallest absolute Gasteiger partial charge is 0.317 e. The van der Waals surface area contributed by atoms with Crippen molar-refractivity contribution in [2.75, 3.05) is 18.4 Å². The summed E-state index contributed by atoms with van der Waals surface area (Å²) in [5.41, 5.74) is 1.11. The van der Waals surface area contributed by atoms with Gasteiger partial charge >= 0.3 is 6.03 Å². The van der Waals surface area contributed by atoms with Crippen molar-refractivity contribution >= 4 is 22.9 Å². The molecule has 1 saturated carbocycles. The summed E-state index contributed by atoms with van der Waals surface area (Å²) in [6.07, 6.45) is 5.40. The maximum Gasteiger partial charge on any atom is 0.317 e. The highest BCUT2D eigenvalue weighted by Crippen LogP contribution is 2.26. The highest BCUT2D eigenvalue weighted by atomic mass is 19.1. The summed E-state index contributed by atoms with van der Waals surface area (Å²) < 4.78 is 27.9. The van der Waals surface area contributed by atoms with Crippen LogP contribution in [0.4, 0.5) is 19.4 Å². The molecule has 5 rings (SSSR count). The minimum absolute atomic E-state index is 0.0573. The van der Waals surface area contributed by atoms with E-state index in [9.17, 15) is 13.6 Å². The molecule has 32 heavy (non-hydrogen) atoms. The third kappa shape index (κ3) is 4.19. The minimum atomic E-state index is -0.945. The number of anilines is 1. The Morgan fingerprint density at radius 3 is 2.94 bits per heavy atom. The molecule has 11 heteroatoms. The number of hydrogen-bond acceptors (Lipinski definition) is 6. The molecule has 0 bridgehead atoms. The van der Waals surface area contributed by atoms with Gasteiger partial charge in [0.15, 0.2) is 23.1 Å². The molecule has 1 aliphatic heterocycles. The Kier molecular flexibility index (Phi) is 5.54. The highest BCUT2D eigenvalue weighted by molar-refractivity contribution is 5.88. The fourth-order valence-electron chi connectivity index (χ4n) is 4.42. The Balaban J connectivity index is 1.27. The van der Waals surface area contributed by atoms with Crippen LogP contribution in [0.5, 0.6) is 0 Å². The molecule has 0 radical (unpaired) electrons. The molecule has 1 saturated heterocycles. The Morgan fingerprint density at radius 2 is 2.09 bits per heavy atom. The van der Waals surface area contributed by atoms with Gasteiger partial charge in [0.05, 0.1) is 18.1 Å². The maximum atomic E-state index is 14.5. The van der Waals surface area contributed by atoms with Gasteiger partial charge in [0, 0.05) is 24.8 Å². The predicted octanol–water partition coefficient (Wildman–Crippen LogP) is 3.03. The molecule has 0 aromatic carbocycles. The van der Waals surface area contributed by atoms with Crippen LogP contribution in [0.1, 0.15) is 32.1 Å². The number of halogens is 2. The van der Waals surface area contributed by atoms with Crippen LogP contribution < -0.4 is 10.6 Å². The minimum Gasteiger partial charge on any atom is -0.365 e. The molecule has 9 nitrogen and oxygen atoms in total. The van der Waals surface area contributed by atoms with Gasteiger partial charge in [0.25, 0.3) is 0 Å². The lowest BCUT2D eigenvalue weighted by Gasteiger charge is -2.31. The summed E-state index contributed by atoms with van der Waals surface area (Å²) in [6, 6.07) is 3.29. The van der Waals surface area contributed by atoms with Gasteiger partial charge in [0.2, 0.25) is 0 Å². The number of rotatable bonds is 4. The van der Waals surface area contributed by atoms with Crippen LogP contribution in [0.3, 0.4) is 0 Å². The second kappa shape index (κ2) is 8.64. The first-order chi connectivity index (χ1) is 15.6. The SMILES string of the molecule is O=C(N[C@@H]1CCC[C@H](Nc2nc(-c3n[nH]c4ncccc34)ncc2F)C1)N1CCC(F)C1. The third-order valence-electron chi connectivity index (χ3n) is 6.05. The topological polar surface area (TPSA) is 112 Å². The summed E-state index contributed by atoms with van der Waals surface area (Å²) in [5.74, 6) is -0.153. The average Bonchev–Trinajstić information content (AvgIpc) is 3.42. The van der Waals surface area contributed by atoms with E-state index in [1.165, 1.54) is 4.90 Å². The Bertz CT molecular complexity index is 1120. The van der Waals surface area contributed by atoms with Crippen molar-refractivity contribution < 1.29 is 13.6 Å². The van der Waals surface area contributed by atoms with E-state index in [0.717, 1.165) is 30.8 Å². The quantitative estimate of drug-likeness (QED) is 0.573. The second-order valence-corrected chi connectivity index (χ2v) is 8.35. The largest absolute Gasteiger partial charge is 0.365 e. The van der Waals surface area contributed by atoms with Crippen LogP contribution in [0, 0.1) is 5.82 Å². The third-order valence-corrected chi connectivity index (χ3v) is 6.05. The number of aromatic amines is 1. The van der Waals surface area contributed by atoms with Crippen molar-refractivity contribution in [3.8, 4) is 11.5 Å². The molecule has 3 atom stereocenters. The number of likely N-dealkylation sites (tertiary alicyclic amines) is 1. The summed E-state index contributed by atoms with van der Waals surface area (Å²) in [6.45, 7) is 0.584. The Morgan fingerprint density at radius 1 is 1.22 bits per heavy atom. The molecule has 2 amide bonds. The van der Waals surface area contributed by atoms with E-state index in [1.54, 1.807) is 12.3 Å². The monoisotopic (exact) mass is 442 g/mol. The number of amides is 2. The molecule has 0 spiro atoms. The molecule has 2 aliphatic rings. The zero-order valence-corrected chi connectivity index (χ0v) is 17.4. The molecule has 2 fully saturated rings. The normalized spacial score (nSPS) is 23.4. The van der Waals surface area contributed by atoms with E-state index in [0.29, 0.717) is 36.6 Å². The average molecular weight is 442 g/mol. The number of alkyl halides is 1. The Hall–Kier alpha value is -3.37. The van der Waals surface area contributed by atoms with Crippen molar-refractivity contribution in [1.29, 1.82) is 0 Å². The summed E-state index contributed by atoms with van der Waals surface area (Å²) in [5, 5.41) is 14.0. The van der Waals surface area contributed by atoms with Crippen molar-refractivity contribution in [3.05, 3.63) is 30.3 Å². The lowest BCUT2D eigenvalue weighted by molar-refractivity contribution is 0.195. The van der Waals surface area contributed by atoms with Gasteiger partial charge in [-0.2, -0.15) is 5.10 Å². The molecule has 1 unspecified atom stereocenters. The first-order valence-electron chi connectivity index (χ1n) is 10.8. The zero-order valence-electron chi connectivity index (χ0n) is 17.4. The molecule has 4 heterocycles. The van der Waals surface area contributed by atoms with Crippen LogP contribution in [0.15, 0.2) is 24.5 Å². The molecule has 3 aromatic heterocycles. The number of H-pyrrole nitrogens is 1.